The summed E-state index contributed by atoms with van der Waals surface area (Å²) < 4.78 is 0. The van der Waals surface area contributed by atoms with Gasteiger partial charge in [-0.1, -0.05) is 0 Å². The van der Waals surface area contributed by atoms with Crippen molar-refractivity contribution in [2.24, 2.45) is 0 Å². The number of hydrogen-bond donors (Lipinski definition) is 2. The average Bonchev–Trinajstić information content (AvgIpc) is 2.50. The van der Waals surface area contributed by atoms with E-state index in [9.17, 15) is 0 Å². The summed E-state index contributed by atoms with van der Waals surface area (Å²) >= 11 is 1.50. The second kappa shape index (κ2) is 5.29. The lowest BCUT2D eigenvalue weighted by molar-refractivity contribution is 0.160. The fourth-order valence-corrected chi connectivity index (χ4v) is 1.95. The van der Waals surface area contributed by atoms with Gasteiger partial charge in [0, 0.05) is 30.2 Å². The summed E-state index contributed by atoms with van der Waals surface area (Å²) in [6, 6.07) is 0.422. The number of nitrogens with two attached hydrogens (primary N) is 1. The molecule has 1 heterocycles. The molecular weight excluding hydrogens is 198 g/mol. The lowest BCUT2D eigenvalue weighted by atomic mass is 10.3. The summed E-state index contributed by atoms with van der Waals surface area (Å²) in [5.74, 6) is 0. The molecule has 0 radical (unpaired) electrons. The Hall–Kier alpha value is -0.650. The van der Waals surface area contributed by atoms with Crippen LogP contribution < -0.4 is 5.73 Å². The first kappa shape index (κ1) is 11.4. The number of hydrogen-bond acceptors (Lipinski definition) is 5. The Morgan fingerprint density at radius 2 is 2.36 bits per heavy atom. The van der Waals surface area contributed by atoms with Gasteiger partial charge in [0.25, 0.3) is 0 Å². The van der Waals surface area contributed by atoms with E-state index in [0.29, 0.717) is 17.7 Å². The molecule has 0 aliphatic carbocycles. The summed E-state index contributed by atoms with van der Waals surface area (Å²) in [6.07, 6.45) is 1.80. The molecule has 0 fully saturated rings. The molecule has 0 amide bonds. The van der Waals surface area contributed by atoms with Gasteiger partial charge in [0.15, 0.2) is 5.13 Å². The van der Waals surface area contributed by atoms with Gasteiger partial charge in [-0.25, -0.2) is 4.98 Å². The Balaban J connectivity index is 2.55. The molecule has 3 N–H and O–H groups in total. The van der Waals surface area contributed by atoms with E-state index in [-0.39, 0.29) is 6.61 Å². The number of anilines is 1. The van der Waals surface area contributed by atoms with Crippen LogP contribution in [-0.2, 0) is 6.54 Å². The predicted molar refractivity (Wildman–Crippen MR) is 59.2 cm³/mol. The lowest BCUT2D eigenvalue weighted by Gasteiger charge is -2.24. The van der Waals surface area contributed by atoms with Gasteiger partial charge in [0.1, 0.15) is 0 Å². The summed E-state index contributed by atoms with van der Waals surface area (Å²) in [5, 5.41) is 9.49. The van der Waals surface area contributed by atoms with Crippen molar-refractivity contribution >= 4 is 16.5 Å². The average molecular weight is 215 g/mol. The van der Waals surface area contributed by atoms with Gasteiger partial charge >= 0.3 is 0 Å². The van der Waals surface area contributed by atoms with Crippen molar-refractivity contribution in [1.29, 1.82) is 0 Å². The highest BCUT2D eigenvalue weighted by Gasteiger charge is 2.10. The first-order valence-corrected chi connectivity index (χ1v) is 5.50. The Morgan fingerprint density at radius 3 is 2.79 bits per heavy atom. The van der Waals surface area contributed by atoms with Crippen molar-refractivity contribution < 1.29 is 5.11 Å². The van der Waals surface area contributed by atoms with E-state index in [1.54, 1.807) is 6.20 Å². The molecule has 0 atom stereocenters. The van der Waals surface area contributed by atoms with Crippen molar-refractivity contribution in [2.75, 3.05) is 18.9 Å². The van der Waals surface area contributed by atoms with Gasteiger partial charge in [0.05, 0.1) is 6.61 Å². The third kappa shape index (κ3) is 3.25. The van der Waals surface area contributed by atoms with Gasteiger partial charge in [0.2, 0.25) is 0 Å². The molecule has 1 rings (SSSR count). The normalized spacial score (nSPS) is 11.5. The number of nitrogens with zero attached hydrogens (tertiary/aromatic N) is 2. The number of aromatic nitrogens is 1. The van der Waals surface area contributed by atoms with Crippen LogP contribution in [0.15, 0.2) is 6.20 Å². The van der Waals surface area contributed by atoms with Crippen LogP contribution in [0, 0.1) is 0 Å². The highest BCUT2D eigenvalue weighted by Crippen LogP contribution is 2.17. The van der Waals surface area contributed by atoms with Gasteiger partial charge in [-0.05, 0) is 13.8 Å². The summed E-state index contributed by atoms with van der Waals surface area (Å²) in [4.78, 5) is 7.33. The Kier molecular flexibility index (Phi) is 4.31. The molecule has 1 aromatic heterocycles. The van der Waals surface area contributed by atoms with Crippen LogP contribution in [0.3, 0.4) is 0 Å². The van der Waals surface area contributed by atoms with Crippen LogP contribution in [0.2, 0.25) is 0 Å². The third-order valence-electron chi connectivity index (χ3n) is 2.05. The van der Waals surface area contributed by atoms with Crippen molar-refractivity contribution in [3.8, 4) is 0 Å². The maximum Gasteiger partial charge on any atom is 0.180 e. The zero-order chi connectivity index (χ0) is 10.6. The van der Waals surface area contributed by atoms with E-state index < -0.39 is 0 Å². The SMILES string of the molecule is CC(C)N(CCO)Cc1cnc(N)s1. The molecule has 0 aromatic carbocycles. The maximum absolute atomic E-state index is 8.89. The van der Waals surface area contributed by atoms with Gasteiger partial charge in [-0.15, -0.1) is 11.3 Å². The standard InChI is InChI=1S/C9H17N3OS/c1-7(2)12(3-4-13)6-8-5-11-9(10)14-8/h5,7,13H,3-4,6H2,1-2H3,(H2,10,11). The van der Waals surface area contributed by atoms with Gasteiger partial charge < -0.3 is 10.8 Å². The van der Waals surface area contributed by atoms with Crippen LogP contribution in [0.5, 0.6) is 0 Å². The molecule has 0 spiro atoms. The van der Waals surface area contributed by atoms with E-state index >= 15 is 0 Å². The summed E-state index contributed by atoms with van der Waals surface area (Å²) in [5.41, 5.74) is 5.54. The zero-order valence-corrected chi connectivity index (χ0v) is 9.42. The van der Waals surface area contributed by atoms with E-state index in [2.05, 4.69) is 23.7 Å². The molecule has 0 bridgehead atoms. The highest BCUT2D eigenvalue weighted by molar-refractivity contribution is 7.15. The minimum atomic E-state index is 0.187. The molecule has 0 saturated carbocycles. The number of rotatable bonds is 5. The summed E-state index contributed by atoms with van der Waals surface area (Å²) in [6.45, 7) is 5.91. The molecule has 0 aliphatic rings. The molecular formula is C9H17N3OS. The van der Waals surface area contributed by atoms with E-state index in [1.165, 1.54) is 11.3 Å². The quantitative estimate of drug-likeness (QED) is 0.767. The Morgan fingerprint density at radius 1 is 1.64 bits per heavy atom. The summed E-state index contributed by atoms with van der Waals surface area (Å²) in [7, 11) is 0. The number of aliphatic hydroxyl groups is 1. The minimum absolute atomic E-state index is 0.187. The molecule has 5 heteroatoms. The monoisotopic (exact) mass is 215 g/mol. The molecule has 80 valence electrons. The van der Waals surface area contributed by atoms with Crippen molar-refractivity contribution in [3.05, 3.63) is 11.1 Å². The topological polar surface area (TPSA) is 62.4 Å². The smallest absolute Gasteiger partial charge is 0.180 e. The van der Waals surface area contributed by atoms with Crippen LogP contribution in [0.25, 0.3) is 0 Å². The fraction of sp³-hybridized carbons (Fsp3) is 0.667. The number of thiazole rings is 1. The predicted octanol–water partition coefficient (Wildman–Crippen LogP) is 0.928. The van der Waals surface area contributed by atoms with Crippen LogP contribution in [-0.4, -0.2) is 34.2 Å². The van der Waals surface area contributed by atoms with E-state index in [0.717, 1.165) is 11.4 Å². The molecule has 4 nitrogen and oxygen atoms in total. The molecule has 14 heavy (non-hydrogen) atoms. The van der Waals surface area contributed by atoms with Crippen molar-refractivity contribution in [1.82, 2.24) is 9.88 Å². The van der Waals surface area contributed by atoms with Crippen LogP contribution in [0.4, 0.5) is 5.13 Å². The minimum Gasteiger partial charge on any atom is -0.395 e. The van der Waals surface area contributed by atoms with Crippen LogP contribution >= 0.6 is 11.3 Å². The number of nitrogen functional groups attached to an aromatic ring is 1. The van der Waals surface area contributed by atoms with Crippen molar-refractivity contribution in [3.63, 3.8) is 0 Å². The maximum atomic E-state index is 8.89. The fourth-order valence-electron chi connectivity index (χ4n) is 1.24. The Bertz CT molecular complexity index is 275. The first-order valence-electron chi connectivity index (χ1n) is 4.68. The second-order valence-electron chi connectivity index (χ2n) is 3.45. The highest BCUT2D eigenvalue weighted by atomic mass is 32.1. The Labute approximate surface area is 88.4 Å². The molecule has 0 saturated heterocycles. The third-order valence-corrected chi connectivity index (χ3v) is 2.86. The van der Waals surface area contributed by atoms with Crippen LogP contribution in [0.1, 0.15) is 18.7 Å². The van der Waals surface area contributed by atoms with Crippen molar-refractivity contribution in [2.45, 2.75) is 26.4 Å². The van der Waals surface area contributed by atoms with Gasteiger partial charge in [-0.2, -0.15) is 0 Å². The largest absolute Gasteiger partial charge is 0.395 e. The number of aliphatic hydroxyl groups excluding tert-OH is 1. The molecule has 1 aromatic rings. The van der Waals surface area contributed by atoms with E-state index in [4.69, 9.17) is 10.8 Å². The second-order valence-corrected chi connectivity index (χ2v) is 4.60. The lowest BCUT2D eigenvalue weighted by Crippen LogP contribution is -2.32. The zero-order valence-electron chi connectivity index (χ0n) is 8.60. The molecule has 0 unspecified atom stereocenters. The van der Waals surface area contributed by atoms with E-state index in [1.807, 2.05) is 0 Å². The first-order chi connectivity index (χ1) is 6.63. The molecule has 0 aliphatic heterocycles. The van der Waals surface area contributed by atoms with Gasteiger partial charge in [-0.3, -0.25) is 4.90 Å².